The average molecular weight is 419 g/mol. The minimum absolute atomic E-state index is 0.0910. The number of furan rings is 1. The summed E-state index contributed by atoms with van der Waals surface area (Å²) in [6.45, 7) is 1.13. The van der Waals surface area contributed by atoms with Crippen LogP contribution in [-0.4, -0.2) is 28.2 Å². The van der Waals surface area contributed by atoms with E-state index >= 15 is 0 Å². The number of fused-ring (bicyclic) bond motifs is 1. The fraction of sp³-hybridized carbons (Fsp3) is 0.174. The Morgan fingerprint density at radius 2 is 1.80 bits per heavy atom. The SMILES string of the molecule is O=C(CSc1nc(NCCc2ccccc2)c2ccccc2n1)NCc1ccco1. The second kappa shape index (κ2) is 9.93. The zero-order valence-electron chi connectivity index (χ0n) is 16.4. The number of thioether (sulfide) groups is 1. The molecule has 2 aromatic carbocycles. The van der Waals surface area contributed by atoms with Gasteiger partial charge in [0.25, 0.3) is 0 Å². The van der Waals surface area contributed by atoms with Gasteiger partial charge in [0.15, 0.2) is 5.16 Å². The van der Waals surface area contributed by atoms with E-state index in [0.717, 1.165) is 35.4 Å². The van der Waals surface area contributed by atoms with Gasteiger partial charge >= 0.3 is 0 Å². The first-order valence-electron chi connectivity index (χ1n) is 9.74. The monoisotopic (exact) mass is 418 g/mol. The van der Waals surface area contributed by atoms with Crippen molar-refractivity contribution in [1.82, 2.24) is 15.3 Å². The molecule has 0 fully saturated rings. The van der Waals surface area contributed by atoms with E-state index in [1.54, 1.807) is 12.3 Å². The van der Waals surface area contributed by atoms with Gasteiger partial charge in [-0.3, -0.25) is 4.79 Å². The fourth-order valence-corrected chi connectivity index (χ4v) is 3.69. The molecule has 7 heteroatoms. The maximum atomic E-state index is 12.1. The van der Waals surface area contributed by atoms with Gasteiger partial charge < -0.3 is 15.1 Å². The number of amides is 1. The number of nitrogens with zero attached hydrogens (tertiary/aromatic N) is 2. The van der Waals surface area contributed by atoms with Crippen LogP contribution in [0.2, 0.25) is 0 Å². The summed E-state index contributed by atoms with van der Waals surface area (Å²) in [6.07, 6.45) is 2.49. The van der Waals surface area contributed by atoms with Crippen molar-refractivity contribution in [3.63, 3.8) is 0 Å². The van der Waals surface area contributed by atoms with E-state index in [4.69, 9.17) is 4.42 Å². The first-order valence-corrected chi connectivity index (χ1v) is 10.7. The molecule has 0 aliphatic carbocycles. The number of hydrogen-bond acceptors (Lipinski definition) is 6. The largest absolute Gasteiger partial charge is 0.467 e. The Labute approximate surface area is 179 Å². The Hall–Kier alpha value is -3.32. The summed E-state index contributed by atoms with van der Waals surface area (Å²) in [7, 11) is 0. The van der Waals surface area contributed by atoms with Gasteiger partial charge in [-0.2, -0.15) is 0 Å². The molecule has 4 aromatic rings. The minimum Gasteiger partial charge on any atom is -0.467 e. The third-order valence-corrected chi connectivity index (χ3v) is 5.35. The molecular formula is C23H22N4O2S. The van der Waals surface area contributed by atoms with Crippen molar-refractivity contribution < 1.29 is 9.21 Å². The van der Waals surface area contributed by atoms with Crippen LogP contribution in [0.3, 0.4) is 0 Å². The van der Waals surface area contributed by atoms with Crippen LogP contribution in [0.5, 0.6) is 0 Å². The number of para-hydroxylation sites is 1. The van der Waals surface area contributed by atoms with Crippen LogP contribution < -0.4 is 10.6 Å². The summed E-state index contributed by atoms with van der Waals surface area (Å²) in [6, 6.07) is 21.8. The number of carbonyl (C=O) groups is 1. The van der Waals surface area contributed by atoms with E-state index < -0.39 is 0 Å². The molecule has 2 heterocycles. The van der Waals surface area contributed by atoms with Crippen LogP contribution in [-0.2, 0) is 17.8 Å². The number of benzene rings is 2. The Morgan fingerprint density at radius 3 is 2.63 bits per heavy atom. The summed E-state index contributed by atoms with van der Waals surface area (Å²) in [4.78, 5) is 21.4. The maximum Gasteiger partial charge on any atom is 0.230 e. The summed E-state index contributed by atoms with van der Waals surface area (Å²) < 4.78 is 5.23. The zero-order chi connectivity index (χ0) is 20.6. The summed E-state index contributed by atoms with van der Waals surface area (Å²) in [5, 5.41) is 7.81. The van der Waals surface area contributed by atoms with Crippen molar-refractivity contribution in [2.45, 2.75) is 18.1 Å². The molecule has 4 rings (SSSR count). The third-order valence-electron chi connectivity index (χ3n) is 4.50. The average Bonchev–Trinajstić information content (AvgIpc) is 3.31. The highest BCUT2D eigenvalue weighted by molar-refractivity contribution is 7.99. The molecule has 1 amide bonds. The number of rotatable bonds is 9. The molecule has 0 aliphatic heterocycles. The molecule has 0 radical (unpaired) electrons. The van der Waals surface area contributed by atoms with Crippen molar-refractivity contribution in [3.8, 4) is 0 Å². The van der Waals surface area contributed by atoms with E-state index in [1.165, 1.54) is 17.3 Å². The van der Waals surface area contributed by atoms with Gasteiger partial charge in [-0.25, -0.2) is 9.97 Å². The van der Waals surface area contributed by atoms with Crippen molar-refractivity contribution >= 4 is 34.4 Å². The number of hydrogen-bond donors (Lipinski definition) is 2. The van der Waals surface area contributed by atoms with Crippen LogP contribution in [0.15, 0.2) is 82.6 Å². The molecule has 0 unspecified atom stereocenters. The van der Waals surface area contributed by atoms with Crippen LogP contribution in [0.4, 0.5) is 5.82 Å². The Morgan fingerprint density at radius 1 is 0.967 bits per heavy atom. The van der Waals surface area contributed by atoms with Crippen molar-refractivity contribution in [2.24, 2.45) is 0 Å². The standard InChI is InChI=1S/C23H22N4O2S/c28-21(25-15-18-9-6-14-29-18)16-30-23-26-20-11-5-4-10-19(20)22(27-23)24-13-12-17-7-2-1-3-8-17/h1-11,14H,12-13,15-16H2,(H,25,28)(H,24,26,27). The Bertz CT molecular complexity index is 1100. The van der Waals surface area contributed by atoms with E-state index in [0.29, 0.717) is 11.7 Å². The van der Waals surface area contributed by atoms with Gasteiger partial charge in [-0.05, 0) is 36.2 Å². The summed E-state index contributed by atoms with van der Waals surface area (Å²) in [5.41, 5.74) is 2.12. The molecule has 6 nitrogen and oxygen atoms in total. The lowest BCUT2D eigenvalue weighted by Crippen LogP contribution is -2.24. The topological polar surface area (TPSA) is 80.0 Å². The first-order chi connectivity index (χ1) is 14.8. The molecule has 0 spiro atoms. The van der Waals surface area contributed by atoms with Gasteiger partial charge in [-0.15, -0.1) is 0 Å². The first kappa shape index (κ1) is 20.0. The molecule has 2 aromatic heterocycles. The summed E-state index contributed by atoms with van der Waals surface area (Å²) in [5.74, 6) is 1.66. The summed E-state index contributed by atoms with van der Waals surface area (Å²) >= 11 is 1.32. The lowest BCUT2D eigenvalue weighted by Gasteiger charge is -2.11. The van der Waals surface area contributed by atoms with Gasteiger partial charge in [0.1, 0.15) is 11.6 Å². The van der Waals surface area contributed by atoms with Crippen molar-refractivity contribution in [3.05, 3.63) is 84.3 Å². The Balaban J connectivity index is 1.39. The van der Waals surface area contributed by atoms with E-state index in [-0.39, 0.29) is 11.7 Å². The number of aromatic nitrogens is 2. The molecule has 0 bridgehead atoms. The van der Waals surface area contributed by atoms with Gasteiger partial charge in [-0.1, -0.05) is 54.2 Å². The number of nitrogens with one attached hydrogen (secondary N) is 2. The number of carbonyl (C=O) groups excluding carboxylic acids is 1. The van der Waals surface area contributed by atoms with Crippen LogP contribution in [0, 0.1) is 0 Å². The smallest absolute Gasteiger partial charge is 0.230 e. The zero-order valence-corrected chi connectivity index (χ0v) is 17.2. The third kappa shape index (κ3) is 5.39. The molecule has 0 saturated carbocycles. The normalized spacial score (nSPS) is 10.8. The van der Waals surface area contributed by atoms with Gasteiger partial charge in [0.05, 0.1) is 24.1 Å². The fourth-order valence-electron chi connectivity index (χ4n) is 3.00. The van der Waals surface area contributed by atoms with Crippen molar-refractivity contribution in [2.75, 3.05) is 17.6 Å². The predicted molar refractivity (Wildman–Crippen MR) is 119 cm³/mol. The minimum atomic E-state index is -0.0910. The molecular weight excluding hydrogens is 396 g/mol. The molecule has 0 atom stereocenters. The molecule has 30 heavy (non-hydrogen) atoms. The lowest BCUT2D eigenvalue weighted by molar-refractivity contribution is -0.118. The Kier molecular flexibility index (Phi) is 6.61. The lowest BCUT2D eigenvalue weighted by atomic mass is 10.1. The van der Waals surface area contributed by atoms with E-state index in [1.807, 2.05) is 48.5 Å². The van der Waals surface area contributed by atoms with Crippen LogP contribution in [0.25, 0.3) is 10.9 Å². The van der Waals surface area contributed by atoms with E-state index in [9.17, 15) is 4.79 Å². The molecule has 0 saturated heterocycles. The maximum absolute atomic E-state index is 12.1. The molecule has 0 aliphatic rings. The second-order valence-electron chi connectivity index (χ2n) is 6.68. The highest BCUT2D eigenvalue weighted by Gasteiger charge is 2.10. The van der Waals surface area contributed by atoms with Crippen LogP contribution >= 0.6 is 11.8 Å². The van der Waals surface area contributed by atoms with Crippen LogP contribution in [0.1, 0.15) is 11.3 Å². The molecule has 2 N–H and O–H groups in total. The highest BCUT2D eigenvalue weighted by Crippen LogP contribution is 2.24. The van der Waals surface area contributed by atoms with E-state index in [2.05, 4.69) is 32.7 Å². The number of anilines is 1. The van der Waals surface area contributed by atoms with Gasteiger partial charge in [0.2, 0.25) is 5.91 Å². The predicted octanol–water partition coefficient (Wildman–Crippen LogP) is 4.29. The molecule has 152 valence electrons. The highest BCUT2D eigenvalue weighted by atomic mass is 32.2. The van der Waals surface area contributed by atoms with Gasteiger partial charge in [0, 0.05) is 11.9 Å². The quantitative estimate of drug-likeness (QED) is 0.312. The van der Waals surface area contributed by atoms with Crippen molar-refractivity contribution in [1.29, 1.82) is 0 Å². The second-order valence-corrected chi connectivity index (χ2v) is 7.62.